The summed E-state index contributed by atoms with van der Waals surface area (Å²) in [6, 6.07) is 94.3. The van der Waals surface area contributed by atoms with Crippen LogP contribution in [0.5, 0.6) is 0 Å². The third kappa shape index (κ3) is 5.71. The maximum absolute atomic E-state index is 2.55. The molecule has 1 heteroatoms. The normalized spacial score (nSPS) is 15.1. The Morgan fingerprint density at radius 2 is 0.766 bits per heavy atom. The fourth-order valence-corrected chi connectivity index (χ4v) is 11.1. The molecule has 0 bridgehead atoms. The zero-order valence-corrected chi connectivity index (χ0v) is 35.7. The number of rotatable bonds is 8. The van der Waals surface area contributed by atoms with Gasteiger partial charge in [0.05, 0.1) is 11.1 Å². The molecular weight excluding hydrogens is 771 g/mol. The number of anilines is 3. The molecule has 302 valence electrons. The smallest absolute Gasteiger partial charge is 0.0714 e. The zero-order chi connectivity index (χ0) is 42.7. The fourth-order valence-electron chi connectivity index (χ4n) is 11.1. The number of fused-ring (bicyclic) bond motifs is 6. The Morgan fingerprint density at radius 1 is 0.297 bits per heavy atom. The SMILES string of the molecule is CC1(c2ccccc2)c2ccccc2-c2c(N(c3cc(-c4ccccc4)cc(-c4ccccc4)c3)c3ccc4c(c3)C(c3ccccc3)(c3ccccc3)c3ccccc3-4)cccc21. The summed E-state index contributed by atoms with van der Waals surface area (Å²) in [6.45, 7) is 2.41. The van der Waals surface area contributed by atoms with E-state index in [9.17, 15) is 0 Å². The summed E-state index contributed by atoms with van der Waals surface area (Å²) in [5.41, 5.74) is 21.2. The molecule has 2 aliphatic rings. The lowest BCUT2D eigenvalue weighted by atomic mass is 9.67. The number of hydrogen-bond donors (Lipinski definition) is 0. The first kappa shape index (κ1) is 37.7. The first-order valence-corrected chi connectivity index (χ1v) is 22.3. The summed E-state index contributed by atoms with van der Waals surface area (Å²) in [5, 5.41) is 0. The highest BCUT2D eigenvalue weighted by molar-refractivity contribution is 5.98. The van der Waals surface area contributed by atoms with Crippen LogP contribution in [0.3, 0.4) is 0 Å². The first-order chi connectivity index (χ1) is 31.6. The van der Waals surface area contributed by atoms with Crippen LogP contribution < -0.4 is 4.90 Å². The second-order valence-corrected chi connectivity index (χ2v) is 17.3. The number of benzene rings is 10. The Morgan fingerprint density at radius 3 is 1.36 bits per heavy atom. The van der Waals surface area contributed by atoms with Gasteiger partial charge in [-0.15, -0.1) is 0 Å². The Balaban J connectivity index is 1.19. The van der Waals surface area contributed by atoms with E-state index in [1.165, 1.54) is 83.5 Å². The van der Waals surface area contributed by atoms with Crippen molar-refractivity contribution in [3.63, 3.8) is 0 Å². The standard InChI is InChI=1S/C63H45N/c1-62(48-26-11-4-12-27-48)56-34-19-18-33-55(56)61-58(62)36-21-37-60(61)64(52-41-46(44-22-7-2-8-23-44)40-47(42-52)45-24-9-3-10-25-45)51-38-39-54-53-32-17-20-35-57(53)63(59(54)43-51,49-28-13-5-14-29-49)50-30-15-6-16-31-50/h2-43H,1H3. The van der Waals surface area contributed by atoms with Crippen molar-refractivity contribution >= 4 is 17.1 Å². The maximum Gasteiger partial charge on any atom is 0.0714 e. The molecule has 0 spiro atoms. The van der Waals surface area contributed by atoms with Crippen molar-refractivity contribution < 1.29 is 0 Å². The lowest BCUT2D eigenvalue weighted by Crippen LogP contribution is -2.28. The van der Waals surface area contributed by atoms with Gasteiger partial charge in [-0.2, -0.15) is 0 Å². The molecule has 10 aromatic carbocycles. The molecule has 0 saturated heterocycles. The molecule has 64 heavy (non-hydrogen) atoms. The topological polar surface area (TPSA) is 3.24 Å². The summed E-state index contributed by atoms with van der Waals surface area (Å²) < 4.78 is 0. The van der Waals surface area contributed by atoms with Gasteiger partial charge in [0.2, 0.25) is 0 Å². The number of hydrogen-bond acceptors (Lipinski definition) is 1. The lowest BCUT2D eigenvalue weighted by Gasteiger charge is -2.35. The highest BCUT2D eigenvalue weighted by Gasteiger charge is 2.47. The Bertz CT molecular complexity index is 3220. The van der Waals surface area contributed by atoms with Gasteiger partial charge in [-0.3, -0.25) is 0 Å². The van der Waals surface area contributed by atoms with Gasteiger partial charge in [0.15, 0.2) is 0 Å². The second kappa shape index (κ2) is 15.1. The minimum absolute atomic E-state index is 0.356. The fraction of sp³-hybridized carbons (Fsp3) is 0.0476. The van der Waals surface area contributed by atoms with Crippen molar-refractivity contribution in [1.29, 1.82) is 0 Å². The predicted octanol–water partition coefficient (Wildman–Crippen LogP) is 16.2. The van der Waals surface area contributed by atoms with Crippen molar-refractivity contribution in [2.75, 3.05) is 4.90 Å². The molecule has 10 aromatic rings. The van der Waals surface area contributed by atoms with Crippen molar-refractivity contribution in [2.24, 2.45) is 0 Å². The van der Waals surface area contributed by atoms with Crippen LogP contribution in [-0.4, -0.2) is 0 Å². The largest absolute Gasteiger partial charge is 0.310 e. The van der Waals surface area contributed by atoms with Gasteiger partial charge in [-0.25, -0.2) is 0 Å². The average molecular weight is 816 g/mol. The quantitative estimate of drug-likeness (QED) is 0.148. The van der Waals surface area contributed by atoms with E-state index < -0.39 is 5.41 Å². The van der Waals surface area contributed by atoms with E-state index in [1.54, 1.807) is 0 Å². The van der Waals surface area contributed by atoms with Gasteiger partial charge in [0, 0.05) is 22.4 Å². The Kier molecular flexibility index (Phi) is 8.91. The highest BCUT2D eigenvalue weighted by atomic mass is 15.1. The van der Waals surface area contributed by atoms with Crippen molar-refractivity contribution in [3.8, 4) is 44.5 Å². The minimum atomic E-state index is -0.547. The molecule has 12 rings (SSSR count). The van der Waals surface area contributed by atoms with Gasteiger partial charge >= 0.3 is 0 Å². The van der Waals surface area contributed by atoms with Crippen LogP contribution in [0.25, 0.3) is 44.5 Å². The van der Waals surface area contributed by atoms with E-state index in [-0.39, 0.29) is 5.41 Å². The van der Waals surface area contributed by atoms with Crippen LogP contribution >= 0.6 is 0 Å². The van der Waals surface area contributed by atoms with Crippen LogP contribution in [-0.2, 0) is 10.8 Å². The molecule has 0 saturated carbocycles. The van der Waals surface area contributed by atoms with Gasteiger partial charge in [0.25, 0.3) is 0 Å². The van der Waals surface area contributed by atoms with Crippen molar-refractivity contribution in [2.45, 2.75) is 17.8 Å². The van der Waals surface area contributed by atoms with Gasteiger partial charge < -0.3 is 4.90 Å². The van der Waals surface area contributed by atoms with Crippen LogP contribution in [0.1, 0.15) is 45.9 Å². The van der Waals surface area contributed by atoms with Crippen molar-refractivity contribution in [1.82, 2.24) is 0 Å². The van der Waals surface area contributed by atoms with Gasteiger partial charge in [-0.05, 0) is 121 Å². The van der Waals surface area contributed by atoms with E-state index in [2.05, 4.69) is 267 Å². The van der Waals surface area contributed by atoms with Crippen molar-refractivity contribution in [3.05, 3.63) is 294 Å². The third-order valence-electron chi connectivity index (χ3n) is 14.0. The molecule has 0 radical (unpaired) electrons. The molecule has 0 aromatic heterocycles. The van der Waals surface area contributed by atoms with Crippen LogP contribution in [0.2, 0.25) is 0 Å². The summed E-state index contributed by atoms with van der Waals surface area (Å²) in [5.74, 6) is 0. The van der Waals surface area contributed by atoms with E-state index in [1.807, 2.05) is 0 Å². The summed E-state index contributed by atoms with van der Waals surface area (Å²) in [6.07, 6.45) is 0. The van der Waals surface area contributed by atoms with Crippen LogP contribution in [0.15, 0.2) is 255 Å². The van der Waals surface area contributed by atoms with E-state index >= 15 is 0 Å². The van der Waals surface area contributed by atoms with Gasteiger partial charge in [-0.1, -0.05) is 218 Å². The molecule has 0 aliphatic heterocycles. The third-order valence-corrected chi connectivity index (χ3v) is 14.0. The molecule has 1 unspecified atom stereocenters. The lowest BCUT2D eigenvalue weighted by molar-refractivity contribution is 0.714. The number of nitrogens with zero attached hydrogens (tertiary/aromatic N) is 1. The van der Waals surface area contributed by atoms with Crippen LogP contribution in [0, 0.1) is 0 Å². The first-order valence-electron chi connectivity index (χ1n) is 22.3. The summed E-state index contributed by atoms with van der Waals surface area (Å²) in [4.78, 5) is 2.55. The molecule has 0 amide bonds. The summed E-state index contributed by atoms with van der Waals surface area (Å²) in [7, 11) is 0. The maximum atomic E-state index is 2.55. The Hall–Kier alpha value is -8.00. The molecule has 0 fully saturated rings. The molecule has 2 aliphatic carbocycles. The highest BCUT2D eigenvalue weighted by Crippen LogP contribution is 2.60. The average Bonchev–Trinajstić information content (AvgIpc) is 3.82. The molecule has 1 nitrogen and oxygen atoms in total. The summed E-state index contributed by atoms with van der Waals surface area (Å²) >= 11 is 0. The van der Waals surface area contributed by atoms with Crippen LogP contribution in [0.4, 0.5) is 17.1 Å². The molecular formula is C63H45N. The van der Waals surface area contributed by atoms with E-state index in [4.69, 9.17) is 0 Å². The van der Waals surface area contributed by atoms with E-state index in [0.29, 0.717) is 0 Å². The second-order valence-electron chi connectivity index (χ2n) is 17.3. The van der Waals surface area contributed by atoms with Gasteiger partial charge in [0.1, 0.15) is 0 Å². The molecule has 1 atom stereocenters. The molecule has 0 heterocycles. The van der Waals surface area contributed by atoms with E-state index in [0.717, 1.165) is 17.1 Å². The monoisotopic (exact) mass is 815 g/mol. The zero-order valence-electron chi connectivity index (χ0n) is 35.7. The minimum Gasteiger partial charge on any atom is -0.310 e. The predicted molar refractivity (Wildman–Crippen MR) is 267 cm³/mol. The Labute approximate surface area is 376 Å². The molecule has 0 N–H and O–H groups in total.